The Balaban J connectivity index is 3.05. The normalized spacial score (nSPS) is 10.9. The molecule has 5 nitrogen and oxygen atoms in total. The van der Waals surface area contributed by atoms with E-state index >= 15 is 0 Å². The summed E-state index contributed by atoms with van der Waals surface area (Å²) in [5, 5.41) is 8.91. The number of carboxylic acids is 1. The first kappa shape index (κ1) is 16.8. The van der Waals surface area contributed by atoms with Crippen molar-refractivity contribution < 1.29 is 24.2 Å². The van der Waals surface area contributed by atoms with Crippen molar-refractivity contribution in [3.63, 3.8) is 0 Å². The van der Waals surface area contributed by atoms with Crippen LogP contribution in [0, 0.1) is 0 Å². The van der Waals surface area contributed by atoms with Crippen LogP contribution in [0.25, 0.3) is 5.57 Å². The SMILES string of the molecule is C=C(C(=O)OC(C)(C)C)c1ccc(OC)c(CC(=O)O)c1. The van der Waals surface area contributed by atoms with E-state index in [2.05, 4.69) is 6.58 Å². The van der Waals surface area contributed by atoms with Gasteiger partial charge in [-0.05, 0) is 38.5 Å². The smallest absolute Gasteiger partial charge is 0.338 e. The molecule has 0 aliphatic carbocycles. The summed E-state index contributed by atoms with van der Waals surface area (Å²) < 4.78 is 10.4. The third kappa shape index (κ3) is 4.95. The number of hydrogen-bond acceptors (Lipinski definition) is 4. The number of ether oxygens (including phenoxy) is 2. The number of benzene rings is 1. The Hall–Kier alpha value is -2.30. The molecule has 0 bridgehead atoms. The zero-order chi connectivity index (χ0) is 16.2. The molecule has 5 heteroatoms. The first-order valence-electron chi connectivity index (χ1n) is 6.45. The summed E-state index contributed by atoms with van der Waals surface area (Å²) >= 11 is 0. The van der Waals surface area contributed by atoms with E-state index in [9.17, 15) is 9.59 Å². The highest BCUT2D eigenvalue weighted by Gasteiger charge is 2.20. The van der Waals surface area contributed by atoms with Gasteiger partial charge in [-0.1, -0.05) is 12.6 Å². The quantitative estimate of drug-likeness (QED) is 0.667. The van der Waals surface area contributed by atoms with Crippen molar-refractivity contribution in [1.82, 2.24) is 0 Å². The summed E-state index contributed by atoms with van der Waals surface area (Å²) in [6.45, 7) is 9.02. The first-order chi connectivity index (χ1) is 9.64. The van der Waals surface area contributed by atoms with Gasteiger partial charge in [0.1, 0.15) is 11.4 Å². The Morgan fingerprint density at radius 2 is 1.90 bits per heavy atom. The molecule has 0 heterocycles. The second-order valence-electron chi connectivity index (χ2n) is 5.58. The summed E-state index contributed by atoms with van der Waals surface area (Å²) in [7, 11) is 1.46. The fourth-order valence-electron chi connectivity index (χ4n) is 1.72. The van der Waals surface area contributed by atoms with Crippen molar-refractivity contribution >= 4 is 17.5 Å². The molecule has 0 unspecified atom stereocenters. The number of esters is 1. The van der Waals surface area contributed by atoms with Crippen LogP contribution >= 0.6 is 0 Å². The monoisotopic (exact) mass is 292 g/mol. The molecule has 1 N–H and O–H groups in total. The molecule has 0 spiro atoms. The van der Waals surface area contributed by atoms with E-state index in [4.69, 9.17) is 14.6 Å². The van der Waals surface area contributed by atoms with E-state index in [1.54, 1.807) is 39.0 Å². The van der Waals surface area contributed by atoms with Crippen LogP contribution in [0.4, 0.5) is 0 Å². The molecule has 0 aromatic heterocycles. The Bertz CT molecular complexity index is 567. The second-order valence-corrected chi connectivity index (χ2v) is 5.58. The zero-order valence-corrected chi connectivity index (χ0v) is 12.7. The van der Waals surface area contributed by atoms with Gasteiger partial charge in [-0.3, -0.25) is 4.79 Å². The van der Waals surface area contributed by atoms with Crippen molar-refractivity contribution in [2.45, 2.75) is 32.8 Å². The highest BCUT2D eigenvalue weighted by molar-refractivity contribution is 6.15. The minimum atomic E-state index is -0.978. The zero-order valence-electron chi connectivity index (χ0n) is 12.7. The van der Waals surface area contributed by atoms with Crippen molar-refractivity contribution in [2.75, 3.05) is 7.11 Å². The molecule has 21 heavy (non-hydrogen) atoms. The van der Waals surface area contributed by atoms with E-state index in [1.807, 2.05) is 0 Å². The van der Waals surface area contributed by atoms with Crippen molar-refractivity contribution in [1.29, 1.82) is 0 Å². The van der Waals surface area contributed by atoms with Crippen LogP contribution in [0.15, 0.2) is 24.8 Å². The number of rotatable bonds is 5. The third-order valence-electron chi connectivity index (χ3n) is 2.62. The molecule has 0 fully saturated rings. The van der Waals surface area contributed by atoms with Crippen LogP contribution in [0.5, 0.6) is 5.75 Å². The summed E-state index contributed by atoms with van der Waals surface area (Å²) in [6.07, 6.45) is -0.196. The number of carbonyl (C=O) groups is 2. The lowest BCUT2D eigenvalue weighted by Crippen LogP contribution is -2.24. The number of hydrogen-bond donors (Lipinski definition) is 1. The Kier molecular flexibility index (Phi) is 5.13. The average molecular weight is 292 g/mol. The minimum absolute atomic E-state index is 0.180. The lowest BCUT2D eigenvalue weighted by molar-refractivity contribution is -0.147. The van der Waals surface area contributed by atoms with Crippen LogP contribution in [0.1, 0.15) is 31.9 Å². The standard InChI is InChI=1S/C16H20O5/c1-10(15(19)21-16(2,3)4)11-6-7-13(20-5)12(8-11)9-14(17)18/h6-8H,1,9H2,2-5H3,(H,17,18). The Morgan fingerprint density at radius 1 is 1.29 bits per heavy atom. The highest BCUT2D eigenvalue weighted by atomic mass is 16.6. The fraction of sp³-hybridized carbons (Fsp3) is 0.375. The molecule has 0 saturated carbocycles. The molecule has 0 aliphatic rings. The summed E-state index contributed by atoms with van der Waals surface area (Å²) in [5.74, 6) is -1.06. The maximum atomic E-state index is 12.0. The third-order valence-corrected chi connectivity index (χ3v) is 2.62. The summed E-state index contributed by atoms with van der Waals surface area (Å²) in [4.78, 5) is 22.8. The van der Waals surface area contributed by atoms with E-state index in [-0.39, 0.29) is 12.0 Å². The molecule has 0 amide bonds. The first-order valence-corrected chi connectivity index (χ1v) is 6.45. The lowest BCUT2D eigenvalue weighted by atomic mass is 10.0. The highest BCUT2D eigenvalue weighted by Crippen LogP contribution is 2.25. The summed E-state index contributed by atoms with van der Waals surface area (Å²) in [6, 6.07) is 4.85. The molecule has 0 saturated heterocycles. The van der Waals surface area contributed by atoms with Gasteiger partial charge in [0.05, 0.1) is 19.1 Å². The largest absolute Gasteiger partial charge is 0.496 e. The molecule has 1 aromatic rings. The average Bonchev–Trinajstić information content (AvgIpc) is 2.35. The minimum Gasteiger partial charge on any atom is -0.496 e. The van der Waals surface area contributed by atoms with Gasteiger partial charge in [-0.25, -0.2) is 4.79 Å². The predicted octanol–water partition coefficient (Wildman–Crippen LogP) is 2.68. The molecule has 0 aliphatic heterocycles. The topological polar surface area (TPSA) is 72.8 Å². The Morgan fingerprint density at radius 3 is 2.38 bits per heavy atom. The Labute approximate surface area is 124 Å². The molecule has 0 atom stereocenters. The van der Waals surface area contributed by atoms with Crippen LogP contribution in [-0.4, -0.2) is 29.8 Å². The van der Waals surface area contributed by atoms with Crippen LogP contribution in [-0.2, 0) is 20.7 Å². The predicted molar refractivity (Wildman–Crippen MR) is 79.2 cm³/mol. The van der Waals surface area contributed by atoms with Gasteiger partial charge < -0.3 is 14.6 Å². The molecule has 1 aromatic carbocycles. The molecule has 0 radical (unpaired) electrons. The summed E-state index contributed by atoms with van der Waals surface area (Å²) in [5.41, 5.74) is 0.559. The van der Waals surface area contributed by atoms with Crippen LogP contribution in [0.3, 0.4) is 0 Å². The van der Waals surface area contributed by atoms with Crippen LogP contribution < -0.4 is 4.74 Å². The maximum absolute atomic E-state index is 12.0. The number of aliphatic carboxylic acids is 1. The molecular formula is C16H20O5. The van der Waals surface area contributed by atoms with Gasteiger partial charge in [-0.15, -0.1) is 0 Å². The van der Waals surface area contributed by atoms with Crippen molar-refractivity contribution in [3.8, 4) is 5.75 Å². The van der Waals surface area contributed by atoms with Gasteiger partial charge in [-0.2, -0.15) is 0 Å². The maximum Gasteiger partial charge on any atom is 0.338 e. The van der Waals surface area contributed by atoms with E-state index in [1.165, 1.54) is 7.11 Å². The second kappa shape index (κ2) is 6.43. The van der Waals surface area contributed by atoms with Crippen LogP contribution in [0.2, 0.25) is 0 Å². The van der Waals surface area contributed by atoms with Gasteiger partial charge in [0.15, 0.2) is 0 Å². The fourth-order valence-corrected chi connectivity index (χ4v) is 1.72. The number of carbonyl (C=O) groups excluding carboxylic acids is 1. The lowest BCUT2D eigenvalue weighted by Gasteiger charge is -2.20. The van der Waals surface area contributed by atoms with Crippen molar-refractivity contribution in [3.05, 3.63) is 35.9 Å². The van der Waals surface area contributed by atoms with Gasteiger partial charge in [0.25, 0.3) is 0 Å². The number of methoxy groups -OCH3 is 1. The number of carboxylic acid groups (broad SMARTS) is 1. The van der Waals surface area contributed by atoms with Gasteiger partial charge in [0.2, 0.25) is 0 Å². The van der Waals surface area contributed by atoms with Crippen molar-refractivity contribution in [2.24, 2.45) is 0 Å². The van der Waals surface area contributed by atoms with Gasteiger partial charge in [0, 0.05) is 5.56 Å². The molecular weight excluding hydrogens is 272 g/mol. The molecule has 1 rings (SSSR count). The molecule has 114 valence electrons. The van der Waals surface area contributed by atoms with E-state index < -0.39 is 17.5 Å². The van der Waals surface area contributed by atoms with Gasteiger partial charge >= 0.3 is 11.9 Å². The van der Waals surface area contributed by atoms with E-state index in [0.717, 1.165) is 0 Å². The van der Waals surface area contributed by atoms with E-state index in [0.29, 0.717) is 16.9 Å².